The summed E-state index contributed by atoms with van der Waals surface area (Å²) in [7, 11) is 1.57. The maximum absolute atomic E-state index is 13.4. The van der Waals surface area contributed by atoms with Crippen molar-refractivity contribution in [2.24, 2.45) is 4.99 Å². The number of hydrogen-bond acceptors (Lipinski definition) is 7. The first-order valence-corrected chi connectivity index (χ1v) is 15.4. The van der Waals surface area contributed by atoms with Gasteiger partial charge in [0.15, 0.2) is 11.5 Å². The van der Waals surface area contributed by atoms with Crippen molar-refractivity contribution in [3.8, 4) is 22.9 Å². The number of carbonyl (C=O) groups excluding carboxylic acids is 1. The average Bonchev–Trinajstić information content (AvgIpc) is 3.44. The van der Waals surface area contributed by atoms with E-state index in [1.165, 1.54) is 4.57 Å². The normalized spacial score (nSPS) is 15.7. The molecule has 4 aromatic rings. The van der Waals surface area contributed by atoms with Crippen molar-refractivity contribution in [2.45, 2.75) is 45.1 Å². The molecular weight excluding hydrogens is 603 g/mol. The van der Waals surface area contributed by atoms with E-state index in [2.05, 4.69) is 9.98 Å². The van der Waals surface area contributed by atoms with Gasteiger partial charge in [0.05, 0.1) is 59.2 Å². The lowest BCUT2D eigenvalue weighted by Gasteiger charge is -2.20. The summed E-state index contributed by atoms with van der Waals surface area (Å²) < 4.78 is 19.0. The molecule has 0 saturated carbocycles. The minimum absolute atomic E-state index is 0.0146. The van der Waals surface area contributed by atoms with Gasteiger partial charge in [0.25, 0.3) is 11.5 Å². The minimum atomic E-state index is -0.233. The third kappa shape index (κ3) is 5.99. The maximum Gasteiger partial charge on any atom is 0.266 e. The van der Waals surface area contributed by atoms with Crippen LogP contribution in [-0.2, 0) is 0 Å². The molecule has 2 aliphatic heterocycles. The SMILES string of the molecule is COc1cc2c(cc1OCCCCCOc1ccc3nc(C)n(-c4ccc(Cl)cc4Cl)c(=O)c3c1)N=C[C@@H]1CCCN1C2=O. The van der Waals surface area contributed by atoms with Gasteiger partial charge in [-0.05, 0) is 81.5 Å². The van der Waals surface area contributed by atoms with E-state index in [4.69, 9.17) is 37.4 Å². The number of rotatable bonds is 10. The van der Waals surface area contributed by atoms with E-state index in [0.717, 1.165) is 38.6 Å². The lowest BCUT2D eigenvalue weighted by molar-refractivity contribution is 0.0774. The first-order valence-electron chi connectivity index (χ1n) is 14.7. The summed E-state index contributed by atoms with van der Waals surface area (Å²) in [5.74, 6) is 2.19. The van der Waals surface area contributed by atoms with Gasteiger partial charge in [-0.25, -0.2) is 4.98 Å². The molecule has 0 bridgehead atoms. The Morgan fingerprint density at radius 1 is 0.955 bits per heavy atom. The third-order valence-corrected chi connectivity index (χ3v) is 8.47. The zero-order valence-electron chi connectivity index (χ0n) is 24.5. The molecule has 3 aromatic carbocycles. The van der Waals surface area contributed by atoms with Crippen molar-refractivity contribution < 1.29 is 19.0 Å². The summed E-state index contributed by atoms with van der Waals surface area (Å²) in [5.41, 5.74) is 2.02. The zero-order valence-corrected chi connectivity index (χ0v) is 26.0. The number of benzene rings is 3. The second-order valence-corrected chi connectivity index (χ2v) is 11.7. The number of fused-ring (bicyclic) bond motifs is 3. The first-order chi connectivity index (χ1) is 21.3. The summed E-state index contributed by atoms with van der Waals surface area (Å²) in [4.78, 5) is 37.6. The number of hydrogen-bond donors (Lipinski definition) is 0. The number of aromatic nitrogens is 2. The second kappa shape index (κ2) is 12.9. The third-order valence-electron chi connectivity index (χ3n) is 7.93. The van der Waals surface area contributed by atoms with Crippen molar-refractivity contribution in [2.75, 3.05) is 26.9 Å². The summed E-state index contributed by atoms with van der Waals surface area (Å²) in [6, 6.07) is 13.9. The molecule has 11 heteroatoms. The Morgan fingerprint density at radius 2 is 1.77 bits per heavy atom. The predicted octanol–water partition coefficient (Wildman–Crippen LogP) is 6.96. The molecule has 9 nitrogen and oxygen atoms in total. The molecule has 228 valence electrons. The Bertz CT molecular complexity index is 1820. The summed E-state index contributed by atoms with van der Waals surface area (Å²) in [6.45, 7) is 3.48. The van der Waals surface area contributed by atoms with Crippen molar-refractivity contribution in [3.63, 3.8) is 0 Å². The highest BCUT2D eigenvalue weighted by Gasteiger charge is 2.32. The lowest BCUT2D eigenvalue weighted by atomic mass is 10.1. The standard InChI is InChI=1S/C33H32Cl2N4O5/c1-20-37-27-10-9-23(16-24(27)33(41)39(20)29-11-8-21(34)15-26(29)35)43-13-4-3-5-14-44-31-18-28-25(17-30(31)42-2)32(40)38-12-6-7-22(38)19-36-28/h8-11,15-19,22H,3-7,12-14H2,1-2H3/t22-/m0/s1. The van der Waals surface area contributed by atoms with Crippen LogP contribution in [0.5, 0.6) is 17.2 Å². The molecule has 0 N–H and O–H groups in total. The number of carbonyl (C=O) groups is 1. The number of nitrogens with zero attached hydrogens (tertiary/aromatic N) is 4. The van der Waals surface area contributed by atoms with Crippen LogP contribution in [-0.4, -0.2) is 59.5 Å². The van der Waals surface area contributed by atoms with E-state index in [9.17, 15) is 9.59 Å². The van der Waals surface area contributed by atoms with Crippen molar-refractivity contribution >= 4 is 51.9 Å². The molecule has 1 atom stereocenters. The topological polar surface area (TPSA) is 95.2 Å². The lowest BCUT2D eigenvalue weighted by Crippen LogP contribution is -2.35. The van der Waals surface area contributed by atoms with Crippen LogP contribution in [0.1, 0.15) is 48.3 Å². The monoisotopic (exact) mass is 634 g/mol. The summed E-state index contributed by atoms with van der Waals surface area (Å²) in [5, 5.41) is 1.29. The van der Waals surface area contributed by atoms with Gasteiger partial charge in [-0.15, -0.1) is 0 Å². The largest absolute Gasteiger partial charge is 0.494 e. The molecule has 1 amide bonds. The summed E-state index contributed by atoms with van der Waals surface area (Å²) in [6.07, 6.45) is 6.26. The molecule has 1 saturated heterocycles. The fourth-order valence-electron chi connectivity index (χ4n) is 5.69. The first kappa shape index (κ1) is 30.0. The predicted molar refractivity (Wildman–Crippen MR) is 172 cm³/mol. The van der Waals surface area contributed by atoms with Crippen LogP contribution in [0.2, 0.25) is 10.0 Å². The van der Waals surface area contributed by atoms with Crippen LogP contribution in [0.4, 0.5) is 5.69 Å². The van der Waals surface area contributed by atoms with Crippen LogP contribution < -0.4 is 19.8 Å². The van der Waals surface area contributed by atoms with Crippen molar-refractivity contribution in [1.29, 1.82) is 0 Å². The highest BCUT2D eigenvalue weighted by Crippen LogP contribution is 2.38. The van der Waals surface area contributed by atoms with E-state index < -0.39 is 0 Å². The minimum Gasteiger partial charge on any atom is -0.494 e. The fourth-order valence-corrected chi connectivity index (χ4v) is 6.18. The Hall–Kier alpha value is -4.08. The number of ether oxygens (including phenoxy) is 3. The van der Waals surface area contributed by atoms with E-state index in [-0.39, 0.29) is 17.5 Å². The highest BCUT2D eigenvalue weighted by atomic mass is 35.5. The zero-order chi connectivity index (χ0) is 30.8. The molecule has 0 unspecified atom stereocenters. The van der Waals surface area contributed by atoms with Crippen LogP contribution >= 0.6 is 23.2 Å². The van der Waals surface area contributed by atoms with Gasteiger partial charge in [0.1, 0.15) is 11.6 Å². The van der Waals surface area contributed by atoms with Gasteiger partial charge in [-0.1, -0.05) is 23.2 Å². The number of unbranched alkanes of at least 4 members (excludes halogenated alkanes) is 2. The van der Waals surface area contributed by atoms with Crippen molar-refractivity contribution in [1.82, 2.24) is 14.5 Å². The van der Waals surface area contributed by atoms with Gasteiger partial charge in [-0.3, -0.25) is 19.1 Å². The van der Waals surface area contributed by atoms with Gasteiger partial charge in [0, 0.05) is 23.8 Å². The second-order valence-electron chi connectivity index (χ2n) is 10.8. The van der Waals surface area contributed by atoms with Gasteiger partial charge < -0.3 is 19.1 Å². The van der Waals surface area contributed by atoms with E-state index in [1.54, 1.807) is 56.5 Å². The van der Waals surface area contributed by atoms with Gasteiger partial charge >= 0.3 is 0 Å². The maximum atomic E-state index is 13.4. The number of amides is 1. The van der Waals surface area contributed by atoms with E-state index in [1.807, 2.05) is 17.2 Å². The molecule has 2 aliphatic rings. The smallest absolute Gasteiger partial charge is 0.266 e. The van der Waals surface area contributed by atoms with Crippen LogP contribution in [0, 0.1) is 6.92 Å². The van der Waals surface area contributed by atoms with E-state index >= 15 is 0 Å². The molecule has 0 aliphatic carbocycles. The average molecular weight is 636 g/mol. The van der Waals surface area contributed by atoms with Gasteiger partial charge in [-0.2, -0.15) is 0 Å². The van der Waals surface area contributed by atoms with Crippen LogP contribution in [0.25, 0.3) is 16.6 Å². The Kier molecular flexibility index (Phi) is 8.77. The Balaban J connectivity index is 1.04. The molecule has 1 aromatic heterocycles. The quantitative estimate of drug-likeness (QED) is 0.175. The number of aliphatic imine (C=N–C) groups is 1. The Labute approximate surface area is 265 Å². The molecule has 3 heterocycles. The molecule has 1 fully saturated rings. The van der Waals surface area contributed by atoms with Crippen LogP contribution in [0.3, 0.4) is 0 Å². The number of halogens is 2. The molecule has 6 rings (SSSR count). The highest BCUT2D eigenvalue weighted by molar-refractivity contribution is 6.35. The number of methoxy groups -OCH3 is 1. The molecular formula is C33H32Cl2N4O5. The van der Waals surface area contributed by atoms with E-state index in [0.29, 0.717) is 74.2 Å². The molecule has 0 radical (unpaired) electrons. The van der Waals surface area contributed by atoms with Crippen LogP contribution in [0.15, 0.2) is 58.3 Å². The Morgan fingerprint density at radius 3 is 2.57 bits per heavy atom. The molecule has 44 heavy (non-hydrogen) atoms. The number of aryl methyl sites for hydroxylation is 1. The van der Waals surface area contributed by atoms with Crippen molar-refractivity contribution in [3.05, 3.63) is 80.3 Å². The fraction of sp³-hybridized carbons (Fsp3) is 0.333. The summed E-state index contributed by atoms with van der Waals surface area (Å²) >= 11 is 12.4. The van der Waals surface area contributed by atoms with Gasteiger partial charge in [0.2, 0.25) is 0 Å². The molecule has 0 spiro atoms.